The van der Waals surface area contributed by atoms with E-state index in [0.717, 1.165) is 5.76 Å². The third-order valence-corrected chi connectivity index (χ3v) is 3.97. The van der Waals surface area contributed by atoms with E-state index in [2.05, 4.69) is 15.6 Å². The van der Waals surface area contributed by atoms with Crippen LogP contribution in [0.1, 0.15) is 16.1 Å². The Morgan fingerprint density at radius 3 is 2.36 bits per heavy atom. The molecule has 0 spiro atoms. The lowest BCUT2D eigenvalue weighted by Crippen LogP contribution is -2.13. The Balaban J connectivity index is 1.69. The third kappa shape index (κ3) is 4.35. The lowest BCUT2D eigenvalue weighted by atomic mass is 10.2. The van der Waals surface area contributed by atoms with Crippen LogP contribution < -0.4 is 24.8 Å². The zero-order chi connectivity index (χ0) is 19.9. The molecule has 0 aliphatic heterocycles. The second-order valence-electron chi connectivity index (χ2n) is 5.73. The van der Waals surface area contributed by atoms with Crippen molar-refractivity contribution in [1.29, 1.82) is 0 Å². The van der Waals surface area contributed by atoms with E-state index in [9.17, 15) is 4.79 Å². The Morgan fingerprint density at radius 2 is 1.82 bits per heavy atom. The van der Waals surface area contributed by atoms with Gasteiger partial charge in [-0.15, -0.1) is 0 Å². The Labute approximate surface area is 162 Å². The molecule has 0 fully saturated rings. The van der Waals surface area contributed by atoms with Crippen molar-refractivity contribution in [2.75, 3.05) is 32.0 Å². The molecule has 1 aromatic carbocycles. The highest BCUT2D eigenvalue weighted by molar-refractivity contribution is 6.04. The number of ether oxygens (including phenoxy) is 3. The summed E-state index contributed by atoms with van der Waals surface area (Å²) in [7, 11) is 4.55. The number of furan rings is 1. The van der Waals surface area contributed by atoms with Crippen molar-refractivity contribution < 1.29 is 23.4 Å². The molecule has 28 heavy (non-hydrogen) atoms. The number of pyridine rings is 1. The Hall–Kier alpha value is -3.68. The molecule has 2 heterocycles. The summed E-state index contributed by atoms with van der Waals surface area (Å²) in [5, 5.41) is 5.93. The number of rotatable bonds is 8. The van der Waals surface area contributed by atoms with Gasteiger partial charge in [0, 0.05) is 24.0 Å². The van der Waals surface area contributed by atoms with Gasteiger partial charge in [0.25, 0.3) is 5.91 Å². The fourth-order valence-corrected chi connectivity index (χ4v) is 2.58. The first-order chi connectivity index (χ1) is 13.6. The topological polar surface area (TPSA) is 94.9 Å². The van der Waals surface area contributed by atoms with E-state index in [1.807, 2.05) is 12.1 Å². The van der Waals surface area contributed by atoms with Gasteiger partial charge in [-0.25, -0.2) is 4.98 Å². The number of carbonyl (C=O) groups excluding carboxylic acids is 1. The number of anilines is 2. The molecule has 0 saturated heterocycles. The van der Waals surface area contributed by atoms with Crippen molar-refractivity contribution in [2.45, 2.75) is 6.54 Å². The number of benzene rings is 1. The number of aromatic nitrogens is 1. The molecule has 8 heteroatoms. The minimum absolute atomic E-state index is 0.306. The first-order valence-corrected chi connectivity index (χ1v) is 8.48. The molecule has 0 radical (unpaired) electrons. The average molecular weight is 383 g/mol. The van der Waals surface area contributed by atoms with Gasteiger partial charge in [0.15, 0.2) is 11.5 Å². The van der Waals surface area contributed by atoms with E-state index in [-0.39, 0.29) is 5.91 Å². The van der Waals surface area contributed by atoms with Crippen LogP contribution in [0.2, 0.25) is 0 Å². The normalized spacial score (nSPS) is 10.2. The molecule has 0 aliphatic carbocycles. The van der Waals surface area contributed by atoms with E-state index in [0.29, 0.717) is 40.9 Å². The minimum Gasteiger partial charge on any atom is -0.493 e. The monoisotopic (exact) mass is 383 g/mol. The van der Waals surface area contributed by atoms with Crippen LogP contribution in [0.4, 0.5) is 11.5 Å². The molecule has 8 nitrogen and oxygen atoms in total. The molecule has 3 rings (SSSR count). The van der Waals surface area contributed by atoms with E-state index in [1.54, 1.807) is 30.5 Å². The first kappa shape index (κ1) is 19.1. The standard InChI is InChI=1S/C20H21N3O5/c1-25-16-9-14(10-17(26-2)19(16)27-3)23-20(24)13-6-7-18(21-11-13)22-12-15-5-4-8-28-15/h4-11H,12H2,1-3H3,(H,21,22)(H,23,24). The summed E-state index contributed by atoms with van der Waals surface area (Å²) in [6.07, 6.45) is 3.11. The summed E-state index contributed by atoms with van der Waals surface area (Å²) in [6, 6.07) is 10.4. The maximum Gasteiger partial charge on any atom is 0.257 e. The number of amides is 1. The summed E-state index contributed by atoms with van der Waals surface area (Å²) in [5.41, 5.74) is 0.928. The molecule has 0 saturated carbocycles. The van der Waals surface area contributed by atoms with Crippen LogP contribution in [-0.4, -0.2) is 32.2 Å². The minimum atomic E-state index is -0.306. The zero-order valence-electron chi connectivity index (χ0n) is 15.8. The molecule has 1 amide bonds. The maximum absolute atomic E-state index is 12.5. The van der Waals surface area contributed by atoms with Crippen LogP contribution in [0.25, 0.3) is 0 Å². The van der Waals surface area contributed by atoms with Gasteiger partial charge in [0.2, 0.25) is 5.75 Å². The van der Waals surface area contributed by atoms with Gasteiger partial charge in [0.1, 0.15) is 11.6 Å². The SMILES string of the molecule is COc1cc(NC(=O)c2ccc(NCc3ccco3)nc2)cc(OC)c1OC. The molecular formula is C20H21N3O5. The van der Waals surface area contributed by atoms with Gasteiger partial charge in [-0.1, -0.05) is 0 Å². The van der Waals surface area contributed by atoms with Crippen molar-refractivity contribution in [3.05, 3.63) is 60.2 Å². The fraction of sp³-hybridized carbons (Fsp3) is 0.200. The molecule has 2 aromatic heterocycles. The van der Waals surface area contributed by atoms with Crippen molar-refractivity contribution in [3.8, 4) is 17.2 Å². The lowest BCUT2D eigenvalue weighted by molar-refractivity contribution is 0.102. The van der Waals surface area contributed by atoms with Crippen molar-refractivity contribution in [2.24, 2.45) is 0 Å². The number of hydrogen-bond acceptors (Lipinski definition) is 7. The number of nitrogens with one attached hydrogen (secondary N) is 2. The third-order valence-electron chi connectivity index (χ3n) is 3.97. The smallest absolute Gasteiger partial charge is 0.257 e. The summed E-state index contributed by atoms with van der Waals surface area (Å²) in [6.45, 7) is 0.511. The Kier molecular flexibility index (Phi) is 6.01. The molecule has 146 valence electrons. The van der Waals surface area contributed by atoms with Crippen LogP contribution in [0, 0.1) is 0 Å². The fourth-order valence-electron chi connectivity index (χ4n) is 2.58. The Morgan fingerprint density at radius 1 is 1.07 bits per heavy atom. The van der Waals surface area contributed by atoms with Gasteiger partial charge in [0.05, 0.1) is 39.7 Å². The van der Waals surface area contributed by atoms with Crippen LogP contribution >= 0.6 is 0 Å². The second kappa shape index (κ2) is 8.81. The van der Waals surface area contributed by atoms with Gasteiger partial charge in [-0.05, 0) is 24.3 Å². The van der Waals surface area contributed by atoms with E-state index in [4.69, 9.17) is 18.6 Å². The second-order valence-corrected chi connectivity index (χ2v) is 5.73. The molecule has 0 unspecified atom stereocenters. The molecule has 2 N–H and O–H groups in total. The van der Waals surface area contributed by atoms with Gasteiger partial charge in [-0.3, -0.25) is 4.79 Å². The van der Waals surface area contributed by atoms with Crippen LogP contribution in [0.5, 0.6) is 17.2 Å². The van der Waals surface area contributed by atoms with Gasteiger partial charge in [-0.2, -0.15) is 0 Å². The van der Waals surface area contributed by atoms with Crippen LogP contribution in [0.15, 0.2) is 53.3 Å². The quantitative estimate of drug-likeness (QED) is 0.614. The van der Waals surface area contributed by atoms with E-state index in [1.165, 1.54) is 27.5 Å². The highest BCUT2D eigenvalue weighted by Gasteiger charge is 2.15. The van der Waals surface area contributed by atoms with Crippen LogP contribution in [-0.2, 0) is 6.54 Å². The largest absolute Gasteiger partial charge is 0.493 e. The van der Waals surface area contributed by atoms with Crippen molar-refractivity contribution >= 4 is 17.4 Å². The Bertz CT molecular complexity index is 899. The first-order valence-electron chi connectivity index (χ1n) is 8.48. The van der Waals surface area contributed by atoms with Gasteiger partial charge >= 0.3 is 0 Å². The number of hydrogen-bond donors (Lipinski definition) is 2. The van der Waals surface area contributed by atoms with Crippen molar-refractivity contribution in [1.82, 2.24) is 4.98 Å². The molecule has 0 bridgehead atoms. The summed E-state index contributed by atoms with van der Waals surface area (Å²) in [4.78, 5) is 16.8. The predicted octanol–water partition coefficient (Wildman–Crippen LogP) is 3.56. The summed E-state index contributed by atoms with van der Waals surface area (Å²) < 4.78 is 21.1. The highest BCUT2D eigenvalue weighted by atomic mass is 16.5. The van der Waals surface area contributed by atoms with E-state index < -0.39 is 0 Å². The molecule has 0 aliphatic rings. The molecular weight excluding hydrogens is 362 g/mol. The average Bonchev–Trinajstić information content (AvgIpc) is 3.25. The van der Waals surface area contributed by atoms with Crippen LogP contribution in [0.3, 0.4) is 0 Å². The summed E-state index contributed by atoms with van der Waals surface area (Å²) in [5.74, 6) is 2.49. The molecule has 0 atom stereocenters. The summed E-state index contributed by atoms with van der Waals surface area (Å²) >= 11 is 0. The lowest BCUT2D eigenvalue weighted by Gasteiger charge is -2.14. The number of methoxy groups -OCH3 is 3. The van der Waals surface area contributed by atoms with Gasteiger partial charge < -0.3 is 29.3 Å². The molecule has 3 aromatic rings. The zero-order valence-corrected chi connectivity index (χ0v) is 15.8. The van der Waals surface area contributed by atoms with E-state index >= 15 is 0 Å². The highest BCUT2D eigenvalue weighted by Crippen LogP contribution is 2.40. The predicted molar refractivity (Wildman–Crippen MR) is 104 cm³/mol. The maximum atomic E-state index is 12.5. The number of carbonyl (C=O) groups is 1. The van der Waals surface area contributed by atoms with Crippen molar-refractivity contribution in [3.63, 3.8) is 0 Å². The number of nitrogens with zero attached hydrogens (tertiary/aromatic N) is 1.